The van der Waals surface area contributed by atoms with Crippen molar-refractivity contribution in [2.24, 2.45) is 0 Å². The minimum absolute atomic E-state index is 0.0996. The van der Waals surface area contributed by atoms with Crippen LogP contribution in [-0.4, -0.2) is 86.3 Å². The number of H-pyrrole nitrogens is 2. The van der Waals surface area contributed by atoms with Crippen LogP contribution in [0.15, 0.2) is 54.7 Å². The van der Waals surface area contributed by atoms with Gasteiger partial charge in [0.25, 0.3) is 0 Å². The van der Waals surface area contributed by atoms with Gasteiger partial charge in [0.15, 0.2) is 0 Å². The summed E-state index contributed by atoms with van der Waals surface area (Å²) in [6.45, 7) is 7.88. The fourth-order valence-electron chi connectivity index (χ4n) is 7.71. The first-order valence-electron chi connectivity index (χ1n) is 19.2. The van der Waals surface area contributed by atoms with Gasteiger partial charge in [-0.05, 0) is 70.4 Å². The highest BCUT2D eigenvalue weighted by Crippen LogP contribution is 2.36. The molecule has 13 heteroatoms. The molecule has 0 aliphatic carbocycles. The largest absolute Gasteiger partial charge is 0.453 e. The Morgan fingerprint density at radius 2 is 1.52 bits per heavy atom. The molecule has 0 spiro atoms. The SMILES string of the molecule is COC(=O)N[C@H]1CCCCCOCc2[nH]c(nc2-c2ccc(-c3ccc(-c4c[nH]c([C@@H]5CCCN5C(=O)OC(C)(C)C)n4)cc3)cc2)[C@@H]2CCCN2C1=O. The van der Waals surface area contributed by atoms with E-state index < -0.39 is 17.7 Å². The molecule has 3 aliphatic heterocycles. The summed E-state index contributed by atoms with van der Waals surface area (Å²) in [4.78, 5) is 59.2. The van der Waals surface area contributed by atoms with Crippen molar-refractivity contribution in [1.82, 2.24) is 35.1 Å². The lowest BCUT2D eigenvalue weighted by molar-refractivity contribution is -0.134. The van der Waals surface area contributed by atoms with Gasteiger partial charge >= 0.3 is 12.2 Å². The van der Waals surface area contributed by atoms with Crippen molar-refractivity contribution in [2.45, 2.75) is 102 Å². The van der Waals surface area contributed by atoms with E-state index in [1.807, 2.05) is 31.9 Å². The van der Waals surface area contributed by atoms with E-state index >= 15 is 0 Å². The fraction of sp³-hybridized carbons (Fsp3) is 0.488. The molecular formula is C41H51N7O6. The number of hydrogen-bond acceptors (Lipinski definition) is 8. The van der Waals surface area contributed by atoms with Crippen molar-refractivity contribution in [3.05, 3.63) is 72.1 Å². The molecule has 54 heavy (non-hydrogen) atoms. The lowest BCUT2D eigenvalue weighted by Crippen LogP contribution is -2.48. The molecule has 3 N–H and O–H groups in total. The zero-order valence-electron chi connectivity index (χ0n) is 31.7. The third-order valence-electron chi connectivity index (χ3n) is 10.4. The van der Waals surface area contributed by atoms with Crippen LogP contribution < -0.4 is 5.32 Å². The lowest BCUT2D eigenvalue weighted by Gasteiger charge is -2.28. The molecule has 2 aromatic heterocycles. The van der Waals surface area contributed by atoms with Crippen molar-refractivity contribution in [1.29, 1.82) is 0 Å². The van der Waals surface area contributed by atoms with Gasteiger partial charge in [-0.15, -0.1) is 0 Å². The maximum absolute atomic E-state index is 13.8. The average molecular weight is 738 g/mol. The molecule has 286 valence electrons. The highest BCUT2D eigenvalue weighted by atomic mass is 16.6. The normalized spacial score (nSPS) is 21.0. The van der Waals surface area contributed by atoms with Gasteiger partial charge < -0.3 is 34.4 Å². The zero-order chi connectivity index (χ0) is 37.8. The number of aromatic amines is 2. The van der Waals surface area contributed by atoms with E-state index in [1.165, 1.54) is 7.11 Å². The van der Waals surface area contributed by atoms with Gasteiger partial charge in [0.1, 0.15) is 23.3 Å². The van der Waals surface area contributed by atoms with Gasteiger partial charge in [0.05, 0.1) is 42.9 Å². The number of likely N-dealkylation sites (tertiary alicyclic amines) is 1. The van der Waals surface area contributed by atoms with Crippen LogP contribution in [0.5, 0.6) is 0 Å². The summed E-state index contributed by atoms with van der Waals surface area (Å²) >= 11 is 0. The van der Waals surface area contributed by atoms with Crippen molar-refractivity contribution in [2.75, 3.05) is 26.8 Å². The molecule has 0 unspecified atom stereocenters. The maximum Gasteiger partial charge on any atom is 0.410 e. The number of nitrogens with zero attached hydrogens (tertiary/aromatic N) is 4. The number of amides is 3. The Hall–Kier alpha value is -5.17. The van der Waals surface area contributed by atoms with Crippen LogP contribution in [0, 0.1) is 0 Å². The molecule has 0 saturated carbocycles. The molecule has 13 nitrogen and oxygen atoms in total. The fourth-order valence-corrected chi connectivity index (χ4v) is 7.71. The number of benzene rings is 2. The van der Waals surface area contributed by atoms with Gasteiger partial charge in [0.2, 0.25) is 5.91 Å². The maximum atomic E-state index is 13.8. The van der Waals surface area contributed by atoms with Crippen LogP contribution in [0.25, 0.3) is 33.6 Å². The molecule has 2 saturated heterocycles. The second-order valence-corrected chi connectivity index (χ2v) is 15.4. The van der Waals surface area contributed by atoms with Gasteiger partial charge in [-0.2, -0.15) is 0 Å². The minimum Gasteiger partial charge on any atom is -0.453 e. The Labute approximate surface area is 316 Å². The second kappa shape index (κ2) is 16.1. The Balaban J connectivity index is 1.07. The summed E-state index contributed by atoms with van der Waals surface area (Å²) in [5.41, 5.74) is 6.04. The van der Waals surface area contributed by atoms with Gasteiger partial charge in [-0.3, -0.25) is 9.69 Å². The minimum atomic E-state index is -0.650. The highest BCUT2D eigenvalue weighted by molar-refractivity contribution is 5.86. The number of methoxy groups -OCH3 is 1. The van der Waals surface area contributed by atoms with Crippen LogP contribution >= 0.6 is 0 Å². The van der Waals surface area contributed by atoms with Gasteiger partial charge in [-0.25, -0.2) is 19.6 Å². The Morgan fingerprint density at radius 3 is 2.24 bits per heavy atom. The predicted molar refractivity (Wildman–Crippen MR) is 203 cm³/mol. The van der Waals surface area contributed by atoms with Crippen molar-refractivity contribution in [3.8, 4) is 33.6 Å². The highest BCUT2D eigenvalue weighted by Gasteiger charge is 2.37. The zero-order valence-corrected chi connectivity index (χ0v) is 31.7. The molecule has 5 heterocycles. The van der Waals surface area contributed by atoms with E-state index in [1.54, 1.807) is 4.90 Å². The molecule has 4 aromatic rings. The summed E-state index contributed by atoms with van der Waals surface area (Å²) in [6, 6.07) is 15.6. The molecule has 3 amide bonds. The van der Waals surface area contributed by atoms with E-state index in [4.69, 9.17) is 24.2 Å². The molecule has 2 bridgehead atoms. The number of carbonyl (C=O) groups excluding carboxylic acids is 3. The number of hydrogen-bond donors (Lipinski definition) is 3. The Kier molecular flexibility index (Phi) is 11.0. The second-order valence-electron chi connectivity index (χ2n) is 15.4. The summed E-state index contributed by atoms with van der Waals surface area (Å²) in [5.74, 6) is 1.40. The van der Waals surface area contributed by atoms with E-state index in [0.717, 1.165) is 95.9 Å². The van der Waals surface area contributed by atoms with Crippen LogP contribution in [0.3, 0.4) is 0 Å². The number of ether oxygens (including phenoxy) is 3. The quantitative estimate of drug-likeness (QED) is 0.188. The molecule has 2 fully saturated rings. The van der Waals surface area contributed by atoms with Crippen LogP contribution in [-0.2, 0) is 25.6 Å². The van der Waals surface area contributed by atoms with E-state index in [-0.39, 0.29) is 24.1 Å². The molecule has 0 radical (unpaired) electrons. The smallest absolute Gasteiger partial charge is 0.410 e. The topological polar surface area (TPSA) is 155 Å². The van der Waals surface area contributed by atoms with E-state index in [9.17, 15) is 14.4 Å². The average Bonchev–Trinajstić information content (AvgIpc) is 3.99. The Morgan fingerprint density at radius 1 is 0.833 bits per heavy atom. The molecular weight excluding hydrogens is 686 g/mol. The first kappa shape index (κ1) is 37.2. The summed E-state index contributed by atoms with van der Waals surface area (Å²) in [5, 5.41) is 2.77. The standard InChI is InChI=1S/C41H51N7O6/c1-41(2,3)54-40(51)48-22-9-11-33(48)36-42-24-31(43-36)28-17-13-26(14-18-28)27-15-19-29(20-16-27)35-32-25-53-23-7-5-6-10-30(45-39(50)52-4)38(49)47-21-8-12-34(47)37(44-32)46-35/h13-20,24,30,33-34H,5-12,21-23,25H2,1-4H3,(H,42,43)(H,44,46)(H,45,50)/t30-,33-,34-/m0/s1. The van der Waals surface area contributed by atoms with Gasteiger partial charge in [0, 0.05) is 37.0 Å². The first-order valence-corrected chi connectivity index (χ1v) is 19.2. The van der Waals surface area contributed by atoms with Crippen molar-refractivity contribution in [3.63, 3.8) is 0 Å². The van der Waals surface area contributed by atoms with Gasteiger partial charge in [-0.1, -0.05) is 61.4 Å². The number of rotatable bonds is 5. The monoisotopic (exact) mass is 737 g/mol. The first-order chi connectivity index (χ1) is 26.1. The summed E-state index contributed by atoms with van der Waals surface area (Å²) in [7, 11) is 1.31. The number of fused-ring (bicyclic) bond motifs is 4. The lowest BCUT2D eigenvalue weighted by atomic mass is 10.0. The number of aromatic nitrogens is 4. The van der Waals surface area contributed by atoms with E-state index in [2.05, 4.69) is 63.8 Å². The molecule has 2 aromatic carbocycles. The number of nitrogens with one attached hydrogen (secondary N) is 3. The van der Waals surface area contributed by atoms with Crippen molar-refractivity contribution < 1.29 is 28.6 Å². The van der Waals surface area contributed by atoms with Crippen molar-refractivity contribution >= 4 is 18.1 Å². The number of imidazole rings is 2. The predicted octanol–water partition coefficient (Wildman–Crippen LogP) is 7.68. The van der Waals surface area contributed by atoms with Crippen LogP contribution in [0.2, 0.25) is 0 Å². The third kappa shape index (κ3) is 8.30. The molecule has 7 rings (SSSR count). The van der Waals surface area contributed by atoms with E-state index in [0.29, 0.717) is 32.7 Å². The number of alkyl carbamates (subject to hydrolysis) is 1. The summed E-state index contributed by atoms with van der Waals surface area (Å²) in [6.07, 6.45) is 7.44. The molecule has 3 aliphatic rings. The molecule has 3 atom stereocenters. The van der Waals surface area contributed by atoms with Crippen LogP contribution in [0.1, 0.15) is 102 Å². The third-order valence-corrected chi connectivity index (χ3v) is 10.4. The van der Waals surface area contributed by atoms with Crippen LogP contribution in [0.4, 0.5) is 9.59 Å². The number of carbonyl (C=O) groups is 3. The Bertz CT molecular complexity index is 1930. The summed E-state index contributed by atoms with van der Waals surface area (Å²) < 4.78 is 16.6.